The van der Waals surface area contributed by atoms with E-state index in [0.717, 1.165) is 38.5 Å². The molecule has 0 aliphatic carbocycles. The van der Waals surface area contributed by atoms with Gasteiger partial charge in [0.15, 0.2) is 5.78 Å². The molecule has 0 fully saturated rings. The molecular weight excluding hydrogens is 232 g/mol. The number of nitrogens with one attached hydrogen (secondary N) is 1. The van der Waals surface area contributed by atoms with Gasteiger partial charge in [-0.05, 0) is 12.8 Å². The Morgan fingerprint density at radius 2 is 1.44 bits per heavy atom. The number of ketones is 2. The van der Waals surface area contributed by atoms with Crippen molar-refractivity contribution >= 4 is 11.6 Å². The van der Waals surface area contributed by atoms with Crippen molar-refractivity contribution in [1.82, 2.24) is 0 Å². The molecule has 0 radical (unpaired) electrons. The van der Waals surface area contributed by atoms with Gasteiger partial charge in [-0.2, -0.15) is 5.11 Å². The Balaban J connectivity index is 3.21. The number of rotatable bonds is 12. The van der Waals surface area contributed by atoms with Crippen LogP contribution in [0.1, 0.15) is 51.4 Å². The van der Waals surface area contributed by atoms with Gasteiger partial charge in [0.1, 0.15) is 11.5 Å². The molecule has 6 heteroatoms. The summed E-state index contributed by atoms with van der Waals surface area (Å²) >= 11 is 0. The first-order valence-electron chi connectivity index (χ1n) is 6.38. The number of nitrogens with zero attached hydrogens (tertiary/aromatic N) is 3. The van der Waals surface area contributed by atoms with Gasteiger partial charge in [-0.3, -0.25) is 9.59 Å². The van der Waals surface area contributed by atoms with Gasteiger partial charge >= 0.3 is 6.54 Å². The van der Waals surface area contributed by atoms with Crippen molar-refractivity contribution in [3.05, 3.63) is 4.98 Å². The van der Waals surface area contributed by atoms with E-state index in [-0.39, 0.29) is 24.7 Å². The van der Waals surface area contributed by atoms with E-state index < -0.39 is 0 Å². The lowest BCUT2D eigenvalue weighted by atomic mass is 10.1. The molecule has 0 aliphatic rings. The summed E-state index contributed by atoms with van der Waals surface area (Å²) in [5.41, 5.74) is 6.54. The normalized spacial score (nSPS) is 9.72. The van der Waals surface area contributed by atoms with Crippen molar-refractivity contribution in [2.75, 3.05) is 13.1 Å². The molecule has 0 bridgehead atoms. The smallest absolute Gasteiger partial charge is 0.298 e. The molecule has 100 valence electrons. The van der Waals surface area contributed by atoms with Crippen LogP contribution in [0.15, 0.2) is 5.11 Å². The highest BCUT2D eigenvalue weighted by molar-refractivity contribution is 5.81. The topological polar surface area (TPSA) is 98.5 Å². The van der Waals surface area contributed by atoms with Gasteiger partial charge in [-0.15, -0.1) is 0 Å². The number of hydrogen-bond acceptors (Lipinski definition) is 5. The highest BCUT2D eigenvalue weighted by Gasteiger charge is 2.07. The molecule has 0 spiro atoms. The second kappa shape index (κ2) is 11.8. The van der Waals surface area contributed by atoms with Crippen LogP contribution in [-0.2, 0) is 9.59 Å². The van der Waals surface area contributed by atoms with Crippen LogP contribution >= 0.6 is 0 Å². The Bertz CT molecular complexity index is 310. The van der Waals surface area contributed by atoms with Crippen LogP contribution in [0.5, 0.6) is 0 Å². The lowest BCUT2D eigenvalue weighted by Gasteiger charge is -2.00. The van der Waals surface area contributed by atoms with E-state index in [0.29, 0.717) is 12.8 Å². The summed E-state index contributed by atoms with van der Waals surface area (Å²) in [6.07, 6.45) is 6.80. The Morgan fingerprint density at radius 3 is 1.94 bits per heavy atom. The Morgan fingerprint density at radius 1 is 0.944 bits per heavy atom. The van der Waals surface area contributed by atoms with Crippen LogP contribution in [0, 0.1) is 10.9 Å². The number of hydrogen-bond donors (Lipinski definition) is 1. The quantitative estimate of drug-likeness (QED) is 0.328. The lowest BCUT2D eigenvalue weighted by Crippen LogP contribution is -2.01. The summed E-state index contributed by atoms with van der Waals surface area (Å²) in [5, 5.41) is 11.2. The molecular formula is C12H21N4O2+. The van der Waals surface area contributed by atoms with Gasteiger partial charge in [0.05, 0.1) is 0 Å². The van der Waals surface area contributed by atoms with E-state index in [1.165, 1.54) is 0 Å². The molecule has 1 N–H and O–H groups in total. The molecule has 0 aliphatic heterocycles. The molecule has 0 heterocycles. The minimum absolute atomic E-state index is 0.0119. The fourth-order valence-electron chi connectivity index (χ4n) is 1.68. The van der Waals surface area contributed by atoms with Gasteiger partial charge in [0.2, 0.25) is 11.2 Å². The molecule has 0 aromatic heterocycles. The Hall–Kier alpha value is -1.64. The van der Waals surface area contributed by atoms with E-state index >= 15 is 0 Å². The Labute approximate surface area is 107 Å². The third kappa shape index (κ3) is 10.9. The summed E-state index contributed by atoms with van der Waals surface area (Å²) in [6, 6.07) is 0. The van der Waals surface area contributed by atoms with Crippen molar-refractivity contribution in [1.29, 1.82) is 10.9 Å². The fraction of sp³-hybridized carbons (Fsp3) is 0.833. The maximum Gasteiger partial charge on any atom is 0.362 e. The average Bonchev–Trinajstić information content (AvgIpc) is 2.33. The van der Waals surface area contributed by atoms with Crippen molar-refractivity contribution in [2.24, 2.45) is 5.11 Å². The van der Waals surface area contributed by atoms with E-state index in [1.807, 2.05) is 0 Å². The first kappa shape index (κ1) is 16.4. The SMILES string of the molecule is N#[N+]CC(=O)CCCCCCCCC(=O)CN=N. The van der Waals surface area contributed by atoms with Gasteiger partial charge in [0.25, 0.3) is 0 Å². The molecule has 0 atom stereocenters. The van der Waals surface area contributed by atoms with Gasteiger partial charge in [-0.25, -0.2) is 5.53 Å². The molecule has 0 amide bonds. The van der Waals surface area contributed by atoms with Gasteiger partial charge in [-0.1, -0.05) is 25.7 Å². The number of unbranched alkanes of at least 4 members (excludes halogenated alkanes) is 5. The molecule has 0 rings (SSSR count). The van der Waals surface area contributed by atoms with E-state index in [4.69, 9.17) is 10.9 Å². The van der Waals surface area contributed by atoms with Crippen LogP contribution in [0.3, 0.4) is 0 Å². The number of diazo groups is 1. The number of carbonyl (C=O) groups excluding carboxylic acids is 2. The molecule has 0 aromatic rings. The highest BCUT2D eigenvalue weighted by Crippen LogP contribution is 2.09. The summed E-state index contributed by atoms with van der Waals surface area (Å²) in [5.74, 6) is 0.00518. The molecule has 0 saturated heterocycles. The Kier molecular flexibility index (Phi) is 10.8. The van der Waals surface area contributed by atoms with Crippen LogP contribution in [-0.4, -0.2) is 24.7 Å². The van der Waals surface area contributed by atoms with Crippen molar-refractivity contribution in [3.63, 3.8) is 0 Å². The predicted molar refractivity (Wildman–Crippen MR) is 66.9 cm³/mol. The van der Waals surface area contributed by atoms with Crippen LogP contribution in [0.2, 0.25) is 0 Å². The summed E-state index contributed by atoms with van der Waals surface area (Å²) in [6.45, 7) is -0.0822. The third-order valence-corrected chi connectivity index (χ3v) is 2.66. The van der Waals surface area contributed by atoms with Crippen molar-refractivity contribution in [3.8, 4) is 0 Å². The average molecular weight is 253 g/mol. The first-order chi connectivity index (χ1) is 8.70. The monoisotopic (exact) mass is 253 g/mol. The summed E-state index contributed by atoms with van der Waals surface area (Å²) in [7, 11) is 0. The second-order valence-electron chi connectivity index (χ2n) is 4.31. The molecule has 0 unspecified atom stereocenters. The molecule has 6 nitrogen and oxygen atoms in total. The zero-order valence-corrected chi connectivity index (χ0v) is 10.7. The van der Waals surface area contributed by atoms with Crippen molar-refractivity contribution < 1.29 is 9.59 Å². The predicted octanol–water partition coefficient (Wildman–Crippen LogP) is 3.13. The number of Topliss-reactive ketones (excluding diaryl/α,β-unsaturated/α-hetero) is 2. The minimum Gasteiger partial charge on any atom is -0.298 e. The zero-order chi connectivity index (χ0) is 13.6. The minimum atomic E-state index is -0.0941. The highest BCUT2D eigenvalue weighted by atomic mass is 16.1. The van der Waals surface area contributed by atoms with Crippen LogP contribution in [0.4, 0.5) is 0 Å². The first-order valence-corrected chi connectivity index (χ1v) is 6.38. The van der Waals surface area contributed by atoms with Crippen LogP contribution < -0.4 is 0 Å². The maximum atomic E-state index is 11.0. The summed E-state index contributed by atoms with van der Waals surface area (Å²) in [4.78, 5) is 24.8. The zero-order valence-electron chi connectivity index (χ0n) is 10.7. The fourth-order valence-corrected chi connectivity index (χ4v) is 1.68. The van der Waals surface area contributed by atoms with E-state index in [9.17, 15) is 9.59 Å². The van der Waals surface area contributed by atoms with E-state index in [1.54, 1.807) is 0 Å². The number of carbonyl (C=O) groups is 2. The summed E-state index contributed by atoms with van der Waals surface area (Å²) < 4.78 is 0. The molecule has 0 aromatic carbocycles. The maximum absolute atomic E-state index is 11.0. The van der Waals surface area contributed by atoms with Gasteiger partial charge < -0.3 is 0 Å². The van der Waals surface area contributed by atoms with E-state index in [2.05, 4.69) is 10.1 Å². The van der Waals surface area contributed by atoms with Gasteiger partial charge in [0, 0.05) is 12.8 Å². The van der Waals surface area contributed by atoms with Crippen molar-refractivity contribution in [2.45, 2.75) is 51.4 Å². The molecule has 0 saturated carbocycles. The van der Waals surface area contributed by atoms with Crippen LogP contribution in [0.25, 0.3) is 4.98 Å². The largest absolute Gasteiger partial charge is 0.362 e. The second-order valence-corrected chi connectivity index (χ2v) is 4.31. The molecule has 18 heavy (non-hydrogen) atoms. The standard InChI is InChI=1S/C12H21N4O2/c13-15-9-11(17)7-5-3-1-2-4-6-8-12(18)10-16-14/h13H,1-10H2/q+1. The third-order valence-electron chi connectivity index (χ3n) is 2.66. The lowest BCUT2D eigenvalue weighted by molar-refractivity contribution is -0.118.